The minimum Gasteiger partial charge on any atom is -0.344 e. The highest BCUT2D eigenvalue weighted by Crippen LogP contribution is 2.31. The largest absolute Gasteiger partial charge is 0.344 e. The Balaban J connectivity index is 1.70. The normalized spacial score (nSPS) is 12.1. The van der Waals surface area contributed by atoms with Crippen molar-refractivity contribution in [1.82, 2.24) is 5.32 Å². The molecule has 1 atom stereocenters. The quantitative estimate of drug-likeness (QED) is 0.308. The molecule has 36 heavy (non-hydrogen) atoms. The van der Waals surface area contributed by atoms with Crippen LogP contribution in [0.3, 0.4) is 0 Å². The predicted molar refractivity (Wildman–Crippen MR) is 145 cm³/mol. The molecule has 0 saturated carbocycles. The van der Waals surface area contributed by atoms with Gasteiger partial charge in [-0.15, -0.1) is 0 Å². The van der Waals surface area contributed by atoms with Crippen LogP contribution in [0.15, 0.2) is 108 Å². The molecule has 0 fully saturated rings. The Morgan fingerprint density at radius 2 is 1.44 bits per heavy atom. The van der Waals surface area contributed by atoms with E-state index in [9.17, 15) is 13.2 Å². The van der Waals surface area contributed by atoms with Crippen LogP contribution < -0.4 is 9.62 Å². The number of halogens is 1. The van der Waals surface area contributed by atoms with Crippen LogP contribution in [-0.2, 0) is 14.8 Å². The maximum atomic E-state index is 13.7. The number of nitrogens with zero attached hydrogens (tertiary/aromatic N) is 1. The molecule has 4 aromatic carbocycles. The Labute approximate surface area is 217 Å². The summed E-state index contributed by atoms with van der Waals surface area (Å²) in [7, 11) is -4.07. The average Bonchev–Trinajstić information content (AvgIpc) is 2.87. The fourth-order valence-electron chi connectivity index (χ4n) is 3.98. The molecule has 0 spiro atoms. The second-order valence-corrected chi connectivity index (χ2v) is 10.9. The Kier molecular flexibility index (Phi) is 7.77. The molecule has 0 saturated heterocycles. The zero-order chi connectivity index (χ0) is 25.7. The molecule has 0 radical (unpaired) electrons. The number of rotatable bonds is 8. The van der Waals surface area contributed by atoms with Crippen molar-refractivity contribution in [3.05, 3.63) is 130 Å². The van der Waals surface area contributed by atoms with Crippen LogP contribution in [0.4, 0.5) is 5.69 Å². The second kappa shape index (κ2) is 11.0. The first-order valence-electron chi connectivity index (χ1n) is 11.5. The van der Waals surface area contributed by atoms with E-state index in [1.165, 1.54) is 12.1 Å². The van der Waals surface area contributed by atoms with Crippen LogP contribution in [0, 0.1) is 13.8 Å². The van der Waals surface area contributed by atoms with E-state index in [2.05, 4.69) is 5.32 Å². The smallest absolute Gasteiger partial charge is 0.264 e. The lowest BCUT2D eigenvalue weighted by Crippen LogP contribution is -2.42. The standard InChI is InChI=1S/C29H27ClN2O3S/c1-21-15-17-25(18-16-21)36(34,35)32(27-14-7-6-13-26(27)30)20-28(33)31-29(23-10-4-3-5-11-23)24-12-8-9-22(2)19-24/h3-19,29H,20H2,1-2H3,(H,31,33). The first kappa shape index (κ1) is 25.5. The fraction of sp³-hybridized carbons (Fsp3) is 0.138. The van der Waals surface area contributed by atoms with Crippen LogP contribution in [0.5, 0.6) is 0 Å². The SMILES string of the molecule is Cc1ccc(S(=O)(=O)N(CC(=O)NC(c2ccccc2)c2cccc(C)c2)c2ccccc2Cl)cc1. The lowest BCUT2D eigenvalue weighted by atomic mass is 9.97. The molecular weight excluding hydrogens is 492 g/mol. The van der Waals surface area contributed by atoms with Crippen LogP contribution >= 0.6 is 11.6 Å². The summed E-state index contributed by atoms with van der Waals surface area (Å²) in [4.78, 5) is 13.5. The molecule has 4 aromatic rings. The van der Waals surface area contributed by atoms with Crippen molar-refractivity contribution in [2.24, 2.45) is 0 Å². The van der Waals surface area contributed by atoms with E-state index < -0.39 is 28.5 Å². The van der Waals surface area contributed by atoms with Gasteiger partial charge in [0.05, 0.1) is 21.6 Å². The summed E-state index contributed by atoms with van der Waals surface area (Å²) in [6.45, 7) is 3.43. The van der Waals surface area contributed by atoms with Crippen LogP contribution in [0.25, 0.3) is 0 Å². The van der Waals surface area contributed by atoms with Gasteiger partial charge in [0.15, 0.2) is 0 Å². The first-order valence-corrected chi connectivity index (χ1v) is 13.3. The first-order chi connectivity index (χ1) is 17.3. The molecule has 7 heteroatoms. The lowest BCUT2D eigenvalue weighted by Gasteiger charge is -2.27. The van der Waals surface area contributed by atoms with Gasteiger partial charge in [0.2, 0.25) is 5.91 Å². The molecule has 4 rings (SSSR count). The van der Waals surface area contributed by atoms with Crippen molar-refractivity contribution in [3.8, 4) is 0 Å². The minimum absolute atomic E-state index is 0.0825. The highest BCUT2D eigenvalue weighted by atomic mass is 35.5. The maximum Gasteiger partial charge on any atom is 0.264 e. The molecule has 0 aromatic heterocycles. The number of benzene rings is 4. The van der Waals surface area contributed by atoms with Crippen molar-refractivity contribution < 1.29 is 13.2 Å². The second-order valence-electron chi connectivity index (χ2n) is 8.60. The van der Waals surface area contributed by atoms with Crippen molar-refractivity contribution in [3.63, 3.8) is 0 Å². The van der Waals surface area contributed by atoms with E-state index in [1.807, 2.05) is 68.4 Å². The third-order valence-corrected chi connectivity index (χ3v) is 7.92. The third-order valence-electron chi connectivity index (χ3n) is 5.83. The van der Waals surface area contributed by atoms with Crippen LogP contribution in [0.1, 0.15) is 28.3 Å². The molecule has 0 heterocycles. The predicted octanol–water partition coefficient (Wildman–Crippen LogP) is 6.06. The van der Waals surface area contributed by atoms with Gasteiger partial charge in [-0.05, 0) is 49.2 Å². The third kappa shape index (κ3) is 5.78. The summed E-state index contributed by atoms with van der Waals surface area (Å²) >= 11 is 6.40. The number of sulfonamides is 1. The molecular formula is C29H27ClN2O3S. The van der Waals surface area contributed by atoms with E-state index in [0.29, 0.717) is 0 Å². The van der Waals surface area contributed by atoms with Gasteiger partial charge >= 0.3 is 0 Å². The monoisotopic (exact) mass is 518 g/mol. The molecule has 0 aliphatic heterocycles. The highest BCUT2D eigenvalue weighted by Gasteiger charge is 2.29. The zero-order valence-electron chi connectivity index (χ0n) is 20.1. The van der Waals surface area contributed by atoms with E-state index in [1.54, 1.807) is 36.4 Å². The number of hydrogen-bond acceptors (Lipinski definition) is 3. The van der Waals surface area contributed by atoms with E-state index in [0.717, 1.165) is 26.6 Å². The van der Waals surface area contributed by atoms with Crippen molar-refractivity contribution in [1.29, 1.82) is 0 Å². The number of aryl methyl sites for hydroxylation is 2. The van der Waals surface area contributed by atoms with E-state index in [4.69, 9.17) is 11.6 Å². The summed E-state index contributed by atoms with van der Waals surface area (Å²) in [5.41, 5.74) is 4.02. The molecule has 184 valence electrons. The van der Waals surface area contributed by atoms with Gasteiger partial charge in [-0.25, -0.2) is 8.42 Å². The molecule has 1 unspecified atom stereocenters. The van der Waals surface area contributed by atoms with Crippen molar-refractivity contribution in [2.75, 3.05) is 10.8 Å². The van der Waals surface area contributed by atoms with E-state index in [-0.39, 0.29) is 15.6 Å². The number of hydrogen-bond donors (Lipinski definition) is 1. The molecule has 1 N–H and O–H groups in total. The van der Waals surface area contributed by atoms with Gasteiger partial charge in [-0.1, -0.05) is 102 Å². The summed E-state index contributed by atoms with van der Waals surface area (Å²) in [5, 5.41) is 3.28. The summed E-state index contributed by atoms with van der Waals surface area (Å²) < 4.78 is 28.4. The number of carbonyl (C=O) groups excluding carboxylic acids is 1. The maximum absolute atomic E-state index is 13.7. The number of anilines is 1. The fourth-order valence-corrected chi connectivity index (χ4v) is 5.71. The van der Waals surface area contributed by atoms with Gasteiger partial charge in [0.25, 0.3) is 10.0 Å². The summed E-state index contributed by atoms with van der Waals surface area (Å²) in [6, 6.07) is 30.1. The Hall–Kier alpha value is -3.61. The number of amides is 1. The van der Waals surface area contributed by atoms with Crippen molar-refractivity contribution in [2.45, 2.75) is 24.8 Å². The number of para-hydroxylation sites is 1. The molecule has 0 bridgehead atoms. The van der Waals surface area contributed by atoms with Crippen LogP contribution in [-0.4, -0.2) is 20.9 Å². The Morgan fingerprint density at radius 1 is 0.806 bits per heavy atom. The minimum atomic E-state index is -4.07. The van der Waals surface area contributed by atoms with Crippen molar-refractivity contribution >= 4 is 33.2 Å². The Morgan fingerprint density at radius 3 is 2.11 bits per heavy atom. The van der Waals surface area contributed by atoms with Gasteiger partial charge in [0.1, 0.15) is 6.54 Å². The number of nitrogens with one attached hydrogen (secondary N) is 1. The lowest BCUT2D eigenvalue weighted by molar-refractivity contribution is -0.120. The van der Waals surface area contributed by atoms with Crippen LogP contribution in [0.2, 0.25) is 5.02 Å². The molecule has 5 nitrogen and oxygen atoms in total. The van der Waals surface area contributed by atoms with Gasteiger partial charge in [0, 0.05) is 0 Å². The highest BCUT2D eigenvalue weighted by molar-refractivity contribution is 7.92. The molecule has 0 aliphatic carbocycles. The molecule has 0 aliphatic rings. The summed E-state index contributed by atoms with van der Waals surface area (Å²) in [5.74, 6) is -0.457. The Bertz CT molecular complexity index is 1460. The van der Waals surface area contributed by atoms with Gasteiger partial charge in [-0.3, -0.25) is 9.10 Å². The summed E-state index contributed by atoms with van der Waals surface area (Å²) in [6.07, 6.45) is 0. The van der Waals surface area contributed by atoms with Gasteiger partial charge < -0.3 is 5.32 Å². The topological polar surface area (TPSA) is 66.5 Å². The van der Waals surface area contributed by atoms with Gasteiger partial charge in [-0.2, -0.15) is 0 Å². The zero-order valence-corrected chi connectivity index (χ0v) is 21.6. The molecule has 1 amide bonds. The van der Waals surface area contributed by atoms with E-state index >= 15 is 0 Å². The number of carbonyl (C=O) groups is 1. The average molecular weight is 519 g/mol.